The number of carbonyl (C=O) groups excluding carboxylic acids is 2. The van der Waals surface area contributed by atoms with Gasteiger partial charge in [-0.3, -0.25) is 9.59 Å². The number of nitrogens with two attached hydrogens (primary N) is 2. The van der Waals surface area contributed by atoms with Crippen molar-refractivity contribution in [2.24, 2.45) is 0 Å². The van der Waals surface area contributed by atoms with Gasteiger partial charge in [0.15, 0.2) is 0 Å². The Kier molecular flexibility index (Phi) is 7.21. The van der Waals surface area contributed by atoms with E-state index < -0.39 is 0 Å². The Labute approximate surface area is 149 Å². The highest BCUT2D eigenvalue weighted by Gasteiger charge is 2.08. The molecule has 0 unspecified atom stereocenters. The van der Waals surface area contributed by atoms with E-state index in [4.69, 9.17) is 11.5 Å². The van der Waals surface area contributed by atoms with Crippen LogP contribution in [0.2, 0.25) is 0 Å². The van der Waals surface area contributed by atoms with Gasteiger partial charge in [0.2, 0.25) is 0 Å². The van der Waals surface area contributed by atoms with Gasteiger partial charge < -0.3 is 11.5 Å². The first-order valence-electron chi connectivity index (χ1n) is 7.49. The molecule has 0 heterocycles. The maximum absolute atomic E-state index is 11.9. The number of hydrogen-bond acceptors (Lipinski definition) is 6. The molecule has 4 nitrogen and oxygen atoms in total. The Morgan fingerprint density at radius 3 is 1.54 bits per heavy atom. The summed E-state index contributed by atoms with van der Waals surface area (Å²) in [5, 5.41) is 0. The van der Waals surface area contributed by atoms with Crippen molar-refractivity contribution in [3.05, 3.63) is 59.7 Å². The van der Waals surface area contributed by atoms with Crippen LogP contribution < -0.4 is 11.5 Å². The van der Waals surface area contributed by atoms with Gasteiger partial charge in [0.1, 0.15) is 11.6 Å². The smallest absolute Gasteiger partial charge is 0.147 e. The van der Waals surface area contributed by atoms with Gasteiger partial charge in [-0.05, 0) is 35.4 Å². The van der Waals surface area contributed by atoms with E-state index in [0.717, 1.165) is 11.1 Å². The fourth-order valence-electron chi connectivity index (χ4n) is 2.18. The number of anilines is 2. The zero-order chi connectivity index (χ0) is 17.4. The molecule has 0 saturated carbocycles. The molecule has 0 aliphatic heterocycles. The van der Waals surface area contributed by atoms with Crippen molar-refractivity contribution in [2.75, 3.05) is 23.0 Å². The zero-order valence-corrected chi connectivity index (χ0v) is 14.9. The third-order valence-corrected chi connectivity index (χ3v) is 5.48. The van der Waals surface area contributed by atoms with Gasteiger partial charge in [0.05, 0.1) is 11.5 Å². The summed E-state index contributed by atoms with van der Waals surface area (Å²) in [5.74, 6) is 1.01. The fourth-order valence-corrected chi connectivity index (χ4v) is 4.10. The molecule has 0 saturated heterocycles. The van der Waals surface area contributed by atoms with E-state index in [1.807, 2.05) is 36.4 Å². The van der Waals surface area contributed by atoms with E-state index in [1.165, 1.54) is 21.6 Å². The summed E-state index contributed by atoms with van der Waals surface area (Å²) < 4.78 is 0. The average Bonchev–Trinajstić information content (AvgIpc) is 2.51. The summed E-state index contributed by atoms with van der Waals surface area (Å²) in [7, 11) is 2.83. The predicted octanol–water partition coefficient (Wildman–Crippen LogP) is 3.16. The van der Waals surface area contributed by atoms with Gasteiger partial charge in [-0.15, -0.1) is 0 Å². The lowest BCUT2D eigenvalue weighted by molar-refractivity contribution is -0.116. The monoisotopic (exact) mass is 360 g/mol. The third kappa shape index (κ3) is 6.68. The first-order chi connectivity index (χ1) is 11.5. The maximum atomic E-state index is 11.9. The van der Waals surface area contributed by atoms with Crippen LogP contribution in [0, 0.1) is 0 Å². The number of rotatable bonds is 9. The summed E-state index contributed by atoms with van der Waals surface area (Å²) in [6.45, 7) is 0. The van der Waals surface area contributed by atoms with E-state index in [2.05, 4.69) is 0 Å². The first kappa shape index (κ1) is 18.4. The quantitative estimate of drug-likeness (QED) is 0.406. The molecular formula is C18H20N2O2S2. The fraction of sp³-hybridized carbons (Fsp3) is 0.222. The molecule has 2 aromatic rings. The Morgan fingerprint density at radius 2 is 1.17 bits per heavy atom. The molecule has 0 aliphatic rings. The van der Waals surface area contributed by atoms with Crippen LogP contribution in [0.3, 0.4) is 0 Å². The Bertz CT molecular complexity index is 658. The second-order valence-electron chi connectivity index (χ2n) is 5.45. The lowest BCUT2D eigenvalue weighted by Gasteiger charge is -2.04. The normalized spacial score (nSPS) is 10.5. The molecule has 0 bridgehead atoms. The van der Waals surface area contributed by atoms with Crippen molar-refractivity contribution in [3.63, 3.8) is 0 Å². The molecule has 0 aromatic heterocycles. The van der Waals surface area contributed by atoms with Crippen LogP contribution in [0.1, 0.15) is 11.1 Å². The summed E-state index contributed by atoms with van der Waals surface area (Å²) in [4.78, 5) is 23.8. The number of ketones is 2. The molecule has 24 heavy (non-hydrogen) atoms. The molecule has 0 radical (unpaired) electrons. The van der Waals surface area contributed by atoms with E-state index in [1.54, 1.807) is 12.1 Å². The van der Waals surface area contributed by atoms with Gasteiger partial charge in [-0.1, -0.05) is 45.9 Å². The number of nitrogen functional groups attached to an aromatic ring is 2. The molecular weight excluding hydrogens is 340 g/mol. The molecule has 4 N–H and O–H groups in total. The zero-order valence-electron chi connectivity index (χ0n) is 13.2. The molecule has 2 aromatic carbocycles. The number of Topliss-reactive ketones (excluding diaryl/α,β-unsaturated/α-hetero) is 2. The van der Waals surface area contributed by atoms with E-state index in [-0.39, 0.29) is 11.6 Å². The minimum absolute atomic E-state index is 0.126. The van der Waals surface area contributed by atoms with Crippen molar-refractivity contribution >= 4 is 44.5 Å². The first-order valence-corrected chi connectivity index (χ1v) is 9.98. The van der Waals surface area contributed by atoms with Crippen LogP contribution in [-0.4, -0.2) is 23.1 Å². The standard InChI is InChI=1S/C18H20N2O2S2/c19-15-5-1-3-13(7-15)9-17(21)11-23-24-12-18(22)10-14-4-2-6-16(20)8-14/h1-8H,9-12,19-20H2. The molecule has 0 spiro atoms. The van der Waals surface area contributed by atoms with E-state index >= 15 is 0 Å². The summed E-state index contributed by atoms with van der Waals surface area (Å²) in [6.07, 6.45) is 0.742. The topological polar surface area (TPSA) is 86.2 Å². The minimum Gasteiger partial charge on any atom is -0.399 e. The van der Waals surface area contributed by atoms with Gasteiger partial charge in [-0.25, -0.2) is 0 Å². The van der Waals surface area contributed by atoms with Gasteiger partial charge in [0, 0.05) is 24.2 Å². The molecule has 126 valence electrons. The molecule has 0 amide bonds. The Hall–Kier alpha value is -1.92. The molecule has 0 atom stereocenters. The van der Waals surface area contributed by atoms with Crippen molar-refractivity contribution in [2.45, 2.75) is 12.8 Å². The molecule has 2 rings (SSSR count). The Balaban J connectivity index is 1.65. The van der Waals surface area contributed by atoms with Crippen LogP contribution in [0.15, 0.2) is 48.5 Å². The van der Waals surface area contributed by atoms with Crippen LogP contribution >= 0.6 is 21.6 Å². The summed E-state index contributed by atoms with van der Waals surface area (Å²) in [6, 6.07) is 14.7. The number of benzene rings is 2. The largest absolute Gasteiger partial charge is 0.399 e. The lowest BCUT2D eigenvalue weighted by Crippen LogP contribution is -2.07. The van der Waals surface area contributed by atoms with Crippen LogP contribution in [0.25, 0.3) is 0 Å². The van der Waals surface area contributed by atoms with E-state index in [0.29, 0.717) is 35.7 Å². The Morgan fingerprint density at radius 1 is 0.750 bits per heavy atom. The highest BCUT2D eigenvalue weighted by atomic mass is 33.1. The molecule has 0 fully saturated rings. The van der Waals surface area contributed by atoms with Crippen molar-refractivity contribution in [3.8, 4) is 0 Å². The SMILES string of the molecule is Nc1cccc(CC(=O)CSSCC(=O)Cc2cccc(N)c2)c1. The highest BCUT2D eigenvalue weighted by Crippen LogP contribution is 2.22. The lowest BCUT2D eigenvalue weighted by atomic mass is 10.1. The summed E-state index contributed by atoms with van der Waals surface area (Å²) in [5.41, 5.74) is 14.6. The van der Waals surface area contributed by atoms with Gasteiger partial charge in [-0.2, -0.15) is 0 Å². The van der Waals surface area contributed by atoms with Crippen LogP contribution in [0.5, 0.6) is 0 Å². The average molecular weight is 361 g/mol. The highest BCUT2D eigenvalue weighted by molar-refractivity contribution is 8.77. The second kappa shape index (κ2) is 9.39. The molecule has 0 aliphatic carbocycles. The van der Waals surface area contributed by atoms with Crippen LogP contribution in [0.4, 0.5) is 11.4 Å². The van der Waals surface area contributed by atoms with Crippen molar-refractivity contribution in [1.29, 1.82) is 0 Å². The number of hydrogen-bond donors (Lipinski definition) is 2. The number of carbonyl (C=O) groups is 2. The van der Waals surface area contributed by atoms with Crippen molar-refractivity contribution < 1.29 is 9.59 Å². The summed E-state index contributed by atoms with van der Waals surface area (Å²) >= 11 is 0. The molecule has 6 heteroatoms. The minimum atomic E-state index is 0.126. The predicted molar refractivity (Wildman–Crippen MR) is 104 cm³/mol. The second-order valence-corrected chi connectivity index (χ2v) is 7.91. The maximum Gasteiger partial charge on any atom is 0.147 e. The van der Waals surface area contributed by atoms with E-state index in [9.17, 15) is 9.59 Å². The van der Waals surface area contributed by atoms with Crippen LogP contribution in [-0.2, 0) is 22.4 Å². The van der Waals surface area contributed by atoms with Gasteiger partial charge >= 0.3 is 0 Å². The van der Waals surface area contributed by atoms with Crippen molar-refractivity contribution in [1.82, 2.24) is 0 Å². The third-order valence-electron chi connectivity index (χ3n) is 3.23. The van der Waals surface area contributed by atoms with Gasteiger partial charge in [0.25, 0.3) is 0 Å².